The van der Waals surface area contributed by atoms with Crippen LogP contribution < -0.4 is 10.6 Å². The molecule has 2 aliphatic rings. The van der Waals surface area contributed by atoms with Crippen molar-refractivity contribution in [1.82, 2.24) is 0 Å². The van der Waals surface area contributed by atoms with E-state index in [4.69, 9.17) is 17.3 Å². The highest BCUT2D eigenvalue weighted by molar-refractivity contribution is 6.30. The third-order valence-electron chi connectivity index (χ3n) is 3.66. The molecule has 0 aliphatic carbocycles. The molecule has 0 spiro atoms. The molecule has 2 heterocycles. The topological polar surface area (TPSA) is 29.3 Å². The van der Waals surface area contributed by atoms with Gasteiger partial charge in [0.2, 0.25) is 0 Å². The Balaban J connectivity index is 2.04. The first-order chi connectivity index (χ1) is 7.25. The van der Waals surface area contributed by atoms with E-state index >= 15 is 0 Å². The van der Waals surface area contributed by atoms with E-state index in [-0.39, 0.29) is 0 Å². The Labute approximate surface area is 95.0 Å². The molecule has 2 unspecified atom stereocenters. The summed E-state index contributed by atoms with van der Waals surface area (Å²) in [5.41, 5.74) is 8.84. The van der Waals surface area contributed by atoms with E-state index < -0.39 is 0 Å². The molecular formula is C12H15ClN2. The van der Waals surface area contributed by atoms with Gasteiger partial charge in [0.15, 0.2) is 0 Å². The number of hydrogen-bond acceptors (Lipinski definition) is 2. The minimum atomic E-state index is 0.345. The van der Waals surface area contributed by atoms with E-state index in [0.717, 1.165) is 24.4 Å². The molecule has 0 bridgehead atoms. The molecule has 0 amide bonds. The number of nitrogens with two attached hydrogens (primary N) is 1. The third kappa shape index (κ3) is 1.44. The van der Waals surface area contributed by atoms with Gasteiger partial charge in [0.25, 0.3) is 0 Å². The molecule has 2 atom stereocenters. The Hall–Kier alpha value is -0.730. The van der Waals surface area contributed by atoms with E-state index in [2.05, 4.69) is 17.0 Å². The zero-order valence-electron chi connectivity index (χ0n) is 8.62. The van der Waals surface area contributed by atoms with E-state index in [1.165, 1.54) is 17.7 Å². The second-order valence-corrected chi connectivity index (χ2v) is 4.96. The molecule has 15 heavy (non-hydrogen) atoms. The molecule has 1 aromatic carbocycles. The van der Waals surface area contributed by atoms with Crippen LogP contribution in [-0.2, 0) is 6.42 Å². The number of fused-ring (bicyclic) bond motifs is 3. The van der Waals surface area contributed by atoms with Crippen LogP contribution in [0.25, 0.3) is 0 Å². The van der Waals surface area contributed by atoms with Crippen LogP contribution in [-0.4, -0.2) is 18.6 Å². The minimum Gasteiger partial charge on any atom is -0.367 e. The first-order valence-corrected chi connectivity index (χ1v) is 5.94. The predicted octanol–water partition coefficient (Wildman–Crippen LogP) is 2.19. The van der Waals surface area contributed by atoms with Crippen LogP contribution in [0, 0.1) is 0 Å². The van der Waals surface area contributed by atoms with Gasteiger partial charge in [-0.25, -0.2) is 0 Å². The molecule has 0 aromatic heterocycles. The Bertz CT molecular complexity index is 391. The summed E-state index contributed by atoms with van der Waals surface area (Å²) in [4.78, 5) is 2.44. The molecule has 2 nitrogen and oxygen atoms in total. The number of aryl methyl sites for hydroxylation is 1. The SMILES string of the molecule is NC1CCN2c3cc(Cl)ccc3CCC12. The second-order valence-electron chi connectivity index (χ2n) is 4.52. The third-order valence-corrected chi connectivity index (χ3v) is 3.90. The zero-order chi connectivity index (χ0) is 10.4. The second kappa shape index (κ2) is 3.39. The summed E-state index contributed by atoms with van der Waals surface area (Å²) in [7, 11) is 0. The van der Waals surface area contributed by atoms with Crippen molar-refractivity contribution in [2.24, 2.45) is 5.73 Å². The molecule has 80 valence electrons. The number of halogens is 1. The zero-order valence-corrected chi connectivity index (χ0v) is 9.37. The van der Waals surface area contributed by atoms with Crippen LogP contribution in [0.5, 0.6) is 0 Å². The van der Waals surface area contributed by atoms with Gasteiger partial charge in [-0.05, 0) is 37.0 Å². The standard InChI is InChI=1S/C12H15ClN2/c13-9-3-1-8-2-4-11-10(14)5-6-15(11)12(8)7-9/h1,3,7,10-11H,2,4-6,14H2. The van der Waals surface area contributed by atoms with Crippen LogP contribution in [0.2, 0.25) is 5.02 Å². The number of benzene rings is 1. The molecule has 0 saturated carbocycles. The maximum atomic E-state index is 6.11. The lowest BCUT2D eigenvalue weighted by atomic mass is 9.95. The number of nitrogens with zero attached hydrogens (tertiary/aromatic N) is 1. The van der Waals surface area contributed by atoms with Gasteiger partial charge in [-0.1, -0.05) is 17.7 Å². The largest absolute Gasteiger partial charge is 0.367 e. The molecule has 1 saturated heterocycles. The molecule has 0 radical (unpaired) electrons. The van der Waals surface area contributed by atoms with Gasteiger partial charge < -0.3 is 10.6 Å². The van der Waals surface area contributed by atoms with Crippen LogP contribution in [0.15, 0.2) is 18.2 Å². The highest BCUT2D eigenvalue weighted by Gasteiger charge is 2.35. The van der Waals surface area contributed by atoms with Crippen molar-refractivity contribution in [1.29, 1.82) is 0 Å². The molecule has 2 N–H and O–H groups in total. The van der Waals surface area contributed by atoms with Gasteiger partial charge in [0, 0.05) is 29.3 Å². The quantitative estimate of drug-likeness (QED) is 0.729. The Kier molecular flexibility index (Phi) is 2.15. The summed E-state index contributed by atoms with van der Waals surface area (Å²) in [6.45, 7) is 1.08. The van der Waals surface area contributed by atoms with Crippen LogP contribution in [0.3, 0.4) is 0 Å². The van der Waals surface area contributed by atoms with Crippen molar-refractivity contribution in [2.45, 2.75) is 31.3 Å². The average Bonchev–Trinajstić information content (AvgIpc) is 2.61. The van der Waals surface area contributed by atoms with Crippen LogP contribution in [0.1, 0.15) is 18.4 Å². The van der Waals surface area contributed by atoms with Crippen molar-refractivity contribution in [3.8, 4) is 0 Å². The lowest BCUT2D eigenvalue weighted by molar-refractivity contribution is 0.527. The first-order valence-electron chi connectivity index (χ1n) is 5.56. The van der Waals surface area contributed by atoms with Gasteiger partial charge in [-0.3, -0.25) is 0 Å². The monoisotopic (exact) mass is 222 g/mol. The molecule has 1 aromatic rings. The summed E-state index contributed by atoms with van der Waals surface area (Å²) in [6, 6.07) is 7.10. The number of rotatable bonds is 0. The minimum absolute atomic E-state index is 0.345. The molecule has 3 heteroatoms. The highest BCUT2D eigenvalue weighted by atomic mass is 35.5. The van der Waals surface area contributed by atoms with E-state index in [1.54, 1.807) is 0 Å². The van der Waals surface area contributed by atoms with Gasteiger partial charge in [-0.15, -0.1) is 0 Å². The van der Waals surface area contributed by atoms with E-state index in [1.807, 2.05) is 6.07 Å². The summed E-state index contributed by atoms with van der Waals surface area (Å²) in [5.74, 6) is 0. The first kappa shape index (κ1) is 9.49. The fourth-order valence-electron chi connectivity index (χ4n) is 2.87. The van der Waals surface area contributed by atoms with E-state index in [0.29, 0.717) is 12.1 Å². The average molecular weight is 223 g/mol. The molecule has 1 fully saturated rings. The molecule has 3 rings (SSSR count). The maximum Gasteiger partial charge on any atom is 0.0445 e. The van der Waals surface area contributed by atoms with Gasteiger partial charge in [-0.2, -0.15) is 0 Å². The van der Waals surface area contributed by atoms with Gasteiger partial charge in [0.05, 0.1) is 0 Å². The fraction of sp³-hybridized carbons (Fsp3) is 0.500. The Morgan fingerprint density at radius 1 is 1.33 bits per heavy atom. The summed E-state index contributed by atoms with van der Waals surface area (Å²) in [5, 5.41) is 0.829. The summed E-state index contributed by atoms with van der Waals surface area (Å²) in [6.07, 6.45) is 3.44. The maximum absolute atomic E-state index is 6.11. The van der Waals surface area contributed by atoms with Crippen molar-refractivity contribution >= 4 is 17.3 Å². The Morgan fingerprint density at radius 2 is 2.20 bits per heavy atom. The smallest absolute Gasteiger partial charge is 0.0445 e. The number of hydrogen-bond donors (Lipinski definition) is 1. The van der Waals surface area contributed by atoms with Crippen molar-refractivity contribution in [3.63, 3.8) is 0 Å². The van der Waals surface area contributed by atoms with E-state index in [9.17, 15) is 0 Å². The van der Waals surface area contributed by atoms with Gasteiger partial charge in [0.1, 0.15) is 0 Å². The molecule has 2 aliphatic heterocycles. The van der Waals surface area contributed by atoms with Crippen molar-refractivity contribution < 1.29 is 0 Å². The van der Waals surface area contributed by atoms with Gasteiger partial charge >= 0.3 is 0 Å². The van der Waals surface area contributed by atoms with Crippen molar-refractivity contribution in [2.75, 3.05) is 11.4 Å². The molecular weight excluding hydrogens is 208 g/mol. The highest BCUT2D eigenvalue weighted by Crippen LogP contribution is 2.37. The fourth-order valence-corrected chi connectivity index (χ4v) is 3.03. The lowest BCUT2D eigenvalue weighted by Gasteiger charge is -2.35. The predicted molar refractivity (Wildman–Crippen MR) is 63.5 cm³/mol. The lowest BCUT2D eigenvalue weighted by Crippen LogP contribution is -2.42. The number of anilines is 1. The van der Waals surface area contributed by atoms with Crippen LogP contribution in [0.4, 0.5) is 5.69 Å². The normalized spacial score (nSPS) is 28.8. The summed E-state index contributed by atoms with van der Waals surface area (Å²) >= 11 is 6.05. The van der Waals surface area contributed by atoms with Crippen LogP contribution >= 0.6 is 11.6 Å². The summed E-state index contributed by atoms with van der Waals surface area (Å²) < 4.78 is 0. The van der Waals surface area contributed by atoms with Crippen molar-refractivity contribution in [3.05, 3.63) is 28.8 Å². The Morgan fingerprint density at radius 3 is 3.07 bits per heavy atom.